The monoisotopic (exact) mass is 292 g/mol. The van der Waals surface area contributed by atoms with Crippen LogP contribution in [-0.2, 0) is 13.0 Å². The highest BCUT2D eigenvalue weighted by Crippen LogP contribution is 2.11. The molecule has 0 fully saturated rings. The molecule has 0 aliphatic rings. The Kier molecular flexibility index (Phi) is 8.47. The Bertz CT molecular complexity index is 396. The lowest BCUT2D eigenvalue weighted by Gasteiger charge is -2.22. The molecule has 0 saturated carbocycles. The van der Waals surface area contributed by atoms with E-state index in [0.717, 1.165) is 6.54 Å². The Morgan fingerprint density at radius 1 is 1.10 bits per heavy atom. The van der Waals surface area contributed by atoms with Gasteiger partial charge in [-0.15, -0.1) is 0 Å². The molecule has 20 heavy (non-hydrogen) atoms. The van der Waals surface area contributed by atoms with Gasteiger partial charge in [0.25, 0.3) is 0 Å². The summed E-state index contributed by atoms with van der Waals surface area (Å²) in [4.78, 5) is 3.13. The third kappa shape index (κ3) is 7.01. The van der Waals surface area contributed by atoms with E-state index in [4.69, 9.17) is 18.0 Å². The number of nitrogens with two attached hydrogens (primary N) is 1. The number of unbranched alkanes of at least 4 members (excludes halogenated alkanes) is 2. The minimum Gasteiger partial charge on any atom is -0.393 e. The van der Waals surface area contributed by atoms with Gasteiger partial charge < -0.3 is 5.73 Å². The first-order chi connectivity index (χ1) is 9.65. The number of hydrogen-bond acceptors (Lipinski definition) is 2. The maximum atomic E-state index is 5.63. The second-order valence-electron chi connectivity index (χ2n) is 5.45. The smallest absolute Gasteiger partial charge is 0.0771 e. The predicted molar refractivity (Wildman–Crippen MR) is 92.0 cm³/mol. The summed E-state index contributed by atoms with van der Waals surface area (Å²) in [5.74, 6) is 0. The quantitative estimate of drug-likeness (QED) is 0.663. The number of benzene rings is 1. The third-order valence-corrected chi connectivity index (χ3v) is 3.58. The van der Waals surface area contributed by atoms with Crippen LogP contribution in [0.5, 0.6) is 0 Å². The molecule has 2 N–H and O–H groups in total. The number of nitrogens with zero attached hydrogens (tertiary/aromatic N) is 1. The van der Waals surface area contributed by atoms with Crippen molar-refractivity contribution in [3.8, 4) is 0 Å². The molecule has 2 nitrogen and oxygen atoms in total. The van der Waals surface area contributed by atoms with Crippen LogP contribution in [0.3, 0.4) is 0 Å². The molecule has 1 rings (SSSR count). The van der Waals surface area contributed by atoms with Crippen LogP contribution >= 0.6 is 12.2 Å². The number of hydrogen-bond donors (Lipinski definition) is 1. The van der Waals surface area contributed by atoms with Crippen molar-refractivity contribution in [1.29, 1.82) is 0 Å². The summed E-state index contributed by atoms with van der Waals surface area (Å²) in [6.45, 7) is 7.92. The van der Waals surface area contributed by atoms with Crippen molar-refractivity contribution in [1.82, 2.24) is 4.90 Å². The largest absolute Gasteiger partial charge is 0.393 e. The van der Waals surface area contributed by atoms with Crippen LogP contribution in [0.1, 0.15) is 50.7 Å². The van der Waals surface area contributed by atoms with Crippen LogP contribution in [0, 0.1) is 0 Å². The first-order valence-corrected chi connectivity index (χ1v) is 8.15. The first kappa shape index (κ1) is 17.1. The van der Waals surface area contributed by atoms with Crippen molar-refractivity contribution in [3.05, 3.63) is 35.4 Å². The number of thiocarbonyl (C=S) groups is 1. The van der Waals surface area contributed by atoms with Crippen molar-refractivity contribution in [2.24, 2.45) is 5.73 Å². The molecule has 0 unspecified atom stereocenters. The van der Waals surface area contributed by atoms with E-state index in [1.54, 1.807) is 0 Å². The van der Waals surface area contributed by atoms with Gasteiger partial charge >= 0.3 is 0 Å². The fraction of sp³-hybridized carbons (Fsp3) is 0.588. The fourth-order valence-corrected chi connectivity index (χ4v) is 2.50. The molecule has 0 atom stereocenters. The van der Waals surface area contributed by atoms with Crippen LogP contribution in [0.25, 0.3) is 0 Å². The highest BCUT2D eigenvalue weighted by molar-refractivity contribution is 7.80. The van der Waals surface area contributed by atoms with Gasteiger partial charge in [-0.05, 0) is 37.1 Å². The average molecular weight is 292 g/mol. The molecule has 1 aromatic rings. The molecule has 1 aromatic carbocycles. The SMILES string of the molecule is CCCCN(CCCC)Cc1cccc(CC(N)=S)c1. The van der Waals surface area contributed by atoms with Crippen molar-refractivity contribution < 1.29 is 0 Å². The van der Waals surface area contributed by atoms with Crippen molar-refractivity contribution in [3.63, 3.8) is 0 Å². The van der Waals surface area contributed by atoms with Crippen LogP contribution in [0.2, 0.25) is 0 Å². The maximum absolute atomic E-state index is 5.63. The van der Waals surface area contributed by atoms with Crippen molar-refractivity contribution in [2.75, 3.05) is 13.1 Å². The lowest BCUT2D eigenvalue weighted by Crippen LogP contribution is -2.25. The summed E-state index contributed by atoms with van der Waals surface area (Å²) in [7, 11) is 0. The fourth-order valence-electron chi connectivity index (χ4n) is 2.33. The van der Waals surface area contributed by atoms with Gasteiger partial charge in [-0.1, -0.05) is 63.2 Å². The van der Waals surface area contributed by atoms with E-state index in [-0.39, 0.29) is 0 Å². The Morgan fingerprint density at radius 3 is 2.25 bits per heavy atom. The lowest BCUT2D eigenvalue weighted by molar-refractivity contribution is 0.257. The van der Waals surface area contributed by atoms with Crippen molar-refractivity contribution in [2.45, 2.75) is 52.5 Å². The molecular formula is C17H28N2S. The van der Waals surface area contributed by atoms with Gasteiger partial charge in [0.05, 0.1) is 4.99 Å². The van der Waals surface area contributed by atoms with E-state index in [0.29, 0.717) is 11.4 Å². The molecular weight excluding hydrogens is 264 g/mol. The lowest BCUT2D eigenvalue weighted by atomic mass is 10.1. The summed E-state index contributed by atoms with van der Waals surface area (Å²) >= 11 is 4.99. The number of rotatable bonds is 10. The van der Waals surface area contributed by atoms with Gasteiger partial charge in [-0.3, -0.25) is 4.90 Å². The normalized spacial score (nSPS) is 10.9. The summed E-state index contributed by atoms with van der Waals surface area (Å²) in [6.07, 6.45) is 5.76. The van der Waals surface area contributed by atoms with E-state index < -0.39 is 0 Å². The molecule has 0 radical (unpaired) electrons. The highest BCUT2D eigenvalue weighted by atomic mass is 32.1. The van der Waals surface area contributed by atoms with E-state index in [1.807, 2.05) is 0 Å². The first-order valence-electron chi connectivity index (χ1n) is 7.74. The van der Waals surface area contributed by atoms with Crippen LogP contribution in [-0.4, -0.2) is 23.0 Å². The third-order valence-electron chi connectivity index (χ3n) is 3.43. The van der Waals surface area contributed by atoms with Crippen LogP contribution < -0.4 is 5.73 Å². The maximum Gasteiger partial charge on any atom is 0.0771 e. The van der Waals surface area contributed by atoms with Gasteiger partial charge in [0.2, 0.25) is 0 Å². The van der Waals surface area contributed by atoms with E-state index >= 15 is 0 Å². The highest BCUT2D eigenvalue weighted by Gasteiger charge is 2.06. The standard InChI is InChI=1S/C17H28N2S/c1-3-5-10-19(11-6-4-2)14-16-9-7-8-15(12-16)13-17(18)20/h7-9,12H,3-6,10-11,13-14H2,1-2H3,(H2,18,20). The molecule has 0 amide bonds. The molecule has 0 saturated heterocycles. The summed E-state index contributed by atoms with van der Waals surface area (Å²) in [5, 5.41) is 0. The Balaban J connectivity index is 2.63. The van der Waals surface area contributed by atoms with E-state index in [9.17, 15) is 0 Å². The van der Waals surface area contributed by atoms with E-state index in [2.05, 4.69) is 43.0 Å². The van der Waals surface area contributed by atoms with Gasteiger partial charge in [0, 0.05) is 13.0 Å². The molecule has 0 aromatic heterocycles. The average Bonchev–Trinajstić information content (AvgIpc) is 2.41. The van der Waals surface area contributed by atoms with Crippen molar-refractivity contribution >= 4 is 17.2 Å². The molecule has 0 heterocycles. The zero-order chi connectivity index (χ0) is 14.8. The molecule has 112 valence electrons. The zero-order valence-corrected chi connectivity index (χ0v) is 13.7. The zero-order valence-electron chi connectivity index (χ0n) is 12.9. The van der Waals surface area contributed by atoms with Gasteiger partial charge in [0.15, 0.2) is 0 Å². The molecule has 0 spiro atoms. The van der Waals surface area contributed by atoms with Gasteiger partial charge in [0.1, 0.15) is 0 Å². The minimum absolute atomic E-state index is 0.566. The Morgan fingerprint density at radius 2 is 1.70 bits per heavy atom. The summed E-state index contributed by atoms with van der Waals surface area (Å²) in [5.41, 5.74) is 8.22. The summed E-state index contributed by atoms with van der Waals surface area (Å²) in [6, 6.07) is 8.66. The van der Waals surface area contributed by atoms with Gasteiger partial charge in [-0.25, -0.2) is 0 Å². The second-order valence-corrected chi connectivity index (χ2v) is 5.97. The topological polar surface area (TPSA) is 29.3 Å². The van der Waals surface area contributed by atoms with Crippen LogP contribution in [0.15, 0.2) is 24.3 Å². The molecule has 3 heteroatoms. The van der Waals surface area contributed by atoms with Crippen LogP contribution in [0.4, 0.5) is 0 Å². The second kappa shape index (κ2) is 9.89. The minimum atomic E-state index is 0.566. The predicted octanol–water partition coefficient (Wildman–Crippen LogP) is 3.92. The Hall–Kier alpha value is -0.930. The molecule has 0 aliphatic heterocycles. The Labute approximate surface area is 129 Å². The summed E-state index contributed by atoms with van der Waals surface area (Å²) < 4.78 is 0. The van der Waals surface area contributed by atoms with Gasteiger partial charge in [-0.2, -0.15) is 0 Å². The van der Waals surface area contributed by atoms with E-state index in [1.165, 1.54) is 49.9 Å². The molecule has 0 aliphatic carbocycles. The molecule has 0 bridgehead atoms.